The average Bonchev–Trinajstić information content (AvgIpc) is 2.77. The zero-order valence-corrected chi connectivity index (χ0v) is 9.05. The molecule has 2 nitrogen and oxygen atoms in total. The molecule has 0 aliphatic heterocycles. The van der Waals surface area contributed by atoms with Crippen LogP contribution in [0.5, 0.6) is 0 Å². The fourth-order valence-corrected chi connectivity index (χ4v) is 3.02. The van der Waals surface area contributed by atoms with Crippen LogP contribution in [0.15, 0.2) is 0 Å². The molecule has 2 unspecified atom stereocenters. The van der Waals surface area contributed by atoms with E-state index < -0.39 is 0 Å². The molecule has 2 aliphatic rings. The van der Waals surface area contributed by atoms with E-state index in [4.69, 9.17) is 0 Å². The lowest BCUT2D eigenvalue weighted by molar-refractivity contribution is 0.352. The smallest absolute Gasteiger partial charge is 0.107 e. The predicted molar refractivity (Wildman–Crippen MR) is 56.8 cm³/mol. The molecule has 0 aromatic heterocycles. The molecule has 0 saturated heterocycles. The molecule has 2 aliphatic carbocycles. The van der Waals surface area contributed by atoms with Gasteiger partial charge in [-0.15, -0.1) is 0 Å². The Kier molecular flexibility index (Phi) is 2.78. The maximum atomic E-state index is 9.28. The van der Waals surface area contributed by atoms with Crippen molar-refractivity contribution in [1.29, 1.82) is 5.26 Å². The summed E-state index contributed by atoms with van der Waals surface area (Å²) >= 11 is 0. The number of hydrogen-bond acceptors (Lipinski definition) is 2. The standard InChI is InChI=1S/C12H20N2/c1-10-6-7-12(8-10,9-13)14-11-4-2-3-5-11/h10-11,14H,2-8H2,1H3. The summed E-state index contributed by atoms with van der Waals surface area (Å²) in [6.45, 7) is 2.26. The van der Waals surface area contributed by atoms with Gasteiger partial charge < -0.3 is 0 Å². The molecule has 0 aromatic rings. The second kappa shape index (κ2) is 3.90. The number of hydrogen-bond donors (Lipinski definition) is 1. The minimum Gasteiger partial charge on any atom is -0.297 e. The van der Waals surface area contributed by atoms with E-state index in [9.17, 15) is 5.26 Å². The third kappa shape index (κ3) is 1.93. The lowest BCUT2D eigenvalue weighted by atomic mass is 9.96. The summed E-state index contributed by atoms with van der Waals surface area (Å²) < 4.78 is 0. The zero-order chi connectivity index (χ0) is 10.0. The van der Waals surface area contributed by atoms with Crippen LogP contribution in [0, 0.1) is 17.2 Å². The number of nitrogens with one attached hydrogen (secondary N) is 1. The van der Waals surface area contributed by atoms with E-state index in [1.165, 1.54) is 32.1 Å². The monoisotopic (exact) mass is 192 g/mol. The van der Waals surface area contributed by atoms with Crippen LogP contribution in [0.4, 0.5) is 0 Å². The summed E-state index contributed by atoms with van der Waals surface area (Å²) in [6.07, 6.45) is 8.56. The van der Waals surface area contributed by atoms with Crippen LogP contribution in [0.1, 0.15) is 51.9 Å². The van der Waals surface area contributed by atoms with E-state index in [1.54, 1.807) is 0 Å². The first-order valence-electron chi connectivity index (χ1n) is 5.93. The summed E-state index contributed by atoms with van der Waals surface area (Å²) in [6, 6.07) is 3.15. The van der Waals surface area contributed by atoms with Gasteiger partial charge in [0.2, 0.25) is 0 Å². The lowest BCUT2D eigenvalue weighted by Crippen LogP contribution is -2.46. The quantitative estimate of drug-likeness (QED) is 0.730. The summed E-state index contributed by atoms with van der Waals surface area (Å²) in [7, 11) is 0. The summed E-state index contributed by atoms with van der Waals surface area (Å²) in [5.41, 5.74) is -0.172. The van der Waals surface area contributed by atoms with Crippen molar-refractivity contribution in [3.05, 3.63) is 0 Å². The fraction of sp³-hybridized carbons (Fsp3) is 0.917. The normalized spacial score (nSPS) is 38.7. The summed E-state index contributed by atoms with van der Waals surface area (Å²) in [5.74, 6) is 0.726. The van der Waals surface area contributed by atoms with E-state index in [0.717, 1.165) is 18.8 Å². The largest absolute Gasteiger partial charge is 0.297 e. The topological polar surface area (TPSA) is 35.8 Å². The summed E-state index contributed by atoms with van der Waals surface area (Å²) in [4.78, 5) is 0. The minimum absolute atomic E-state index is 0.172. The molecule has 0 bridgehead atoms. The van der Waals surface area contributed by atoms with Gasteiger partial charge in [0.1, 0.15) is 5.54 Å². The van der Waals surface area contributed by atoms with E-state index in [2.05, 4.69) is 18.3 Å². The van der Waals surface area contributed by atoms with Crippen molar-refractivity contribution in [2.45, 2.75) is 63.5 Å². The minimum atomic E-state index is -0.172. The van der Waals surface area contributed by atoms with Crippen molar-refractivity contribution in [3.63, 3.8) is 0 Å². The Balaban J connectivity index is 1.96. The Morgan fingerprint density at radius 3 is 2.50 bits per heavy atom. The Morgan fingerprint density at radius 2 is 2.00 bits per heavy atom. The van der Waals surface area contributed by atoms with Crippen LogP contribution in [0.25, 0.3) is 0 Å². The van der Waals surface area contributed by atoms with Crippen LogP contribution in [0.2, 0.25) is 0 Å². The predicted octanol–water partition coefficient (Wildman–Crippen LogP) is 2.60. The first-order chi connectivity index (χ1) is 6.74. The molecule has 2 saturated carbocycles. The average molecular weight is 192 g/mol. The molecule has 0 spiro atoms. The van der Waals surface area contributed by atoms with Crippen LogP contribution in [0.3, 0.4) is 0 Å². The first kappa shape index (κ1) is 9.98. The van der Waals surface area contributed by atoms with Crippen molar-refractivity contribution >= 4 is 0 Å². The molecule has 0 amide bonds. The van der Waals surface area contributed by atoms with Crippen molar-refractivity contribution in [2.24, 2.45) is 5.92 Å². The van der Waals surface area contributed by atoms with Gasteiger partial charge in [0, 0.05) is 6.04 Å². The van der Waals surface area contributed by atoms with E-state index >= 15 is 0 Å². The molecule has 78 valence electrons. The highest BCUT2D eigenvalue weighted by Crippen LogP contribution is 2.35. The maximum absolute atomic E-state index is 9.28. The molecular formula is C12H20N2. The van der Waals surface area contributed by atoms with Crippen LogP contribution in [-0.4, -0.2) is 11.6 Å². The van der Waals surface area contributed by atoms with E-state index in [0.29, 0.717) is 6.04 Å². The Labute approximate surface area is 86.7 Å². The SMILES string of the molecule is CC1CCC(C#N)(NC2CCCC2)C1. The van der Waals surface area contributed by atoms with Crippen LogP contribution < -0.4 is 5.32 Å². The second-order valence-electron chi connectivity index (χ2n) is 5.17. The Hall–Kier alpha value is -0.550. The summed E-state index contributed by atoms with van der Waals surface area (Å²) in [5, 5.41) is 12.9. The fourth-order valence-electron chi connectivity index (χ4n) is 3.02. The van der Waals surface area contributed by atoms with Gasteiger partial charge in [-0.2, -0.15) is 5.26 Å². The third-order valence-corrected chi connectivity index (χ3v) is 3.81. The van der Waals surface area contributed by atoms with Gasteiger partial charge in [0.05, 0.1) is 6.07 Å². The molecule has 0 radical (unpaired) electrons. The van der Waals surface area contributed by atoms with Crippen molar-refractivity contribution in [1.82, 2.24) is 5.32 Å². The van der Waals surface area contributed by atoms with Gasteiger partial charge >= 0.3 is 0 Å². The highest BCUT2D eigenvalue weighted by Gasteiger charge is 2.39. The molecule has 0 aromatic carbocycles. The molecule has 2 heteroatoms. The second-order valence-corrected chi connectivity index (χ2v) is 5.17. The van der Waals surface area contributed by atoms with Gasteiger partial charge in [0.15, 0.2) is 0 Å². The zero-order valence-electron chi connectivity index (χ0n) is 9.05. The Morgan fingerprint density at radius 1 is 1.29 bits per heavy atom. The molecule has 2 atom stereocenters. The van der Waals surface area contributed by atoms with Crippen LogP contribution in [-0.2, 0) is 0 Å². The van der Waals surface area contributed by atoms with E-state index in [1.807, 2.05) is 0 Å². The lowest BCUT2D eigenvalue weighted by Gasteiger charge is -2.26. The molecule has 1 N–H and O–H groups in total. The third-order valence-electron chi connectivity index (χ3n) is 3.81. The van der Waals surface area contributed by atoms with Crippen molar-refractivity contribution in [2.75, 3.05) is 0 Å². The van der Waals surface area contributed by atoms with Gasteiger partial charge in [-0.1, -0.05) is 19.8 Å². The number of nitrogens with zero attached hydrogens (tertiary/aromatic N) is 1. The highest BCUT2D eigenvalue weighted by atomic mass is 15.0. The molecule has 2 fully saturated rings. The van der Waals surface area contributed by atoms with Gasteiger partial charge in [-0.25, -0.2) is 0 Å². The van der Waals surface area contributed by atoms with Crippen molar-refractivity contribution < 1.29 is 0 Å². The molecule has 0 heterocycles. The van der Waals surface area contributed by atoms with Crippen molar-refractivity contribution in [3.8, 4) is 6.07 Å². The molecule has 14 heavy (non-hydrogen) atoms. The maximum Gasteiger partial charge on any atom is 0.107 e. The van der Waals surface area contributed by atoms with Crippen LogP contribution >= 0.6 is 0 Å². The number of nitriles is 1. The van der Waals surface area contributed by atoms with E-state index in [-0.39, 0.29) is 5.54 Å². The first-order valence-corrected chi connectivity index (χ1v) is 5.93. The highest BCUT2D eigenvalue weighted by molar-refractivity contribution is 5.12. The van der Waals surface area contributed by atoms with Gasteiger partial charge in [-0.05, 0) is 38.0 Å². The molecular weight excluding hydrogens is 172 g/mol. The molecule has 2 rings (SSSR count). The van der Waals surface area contributed by atoms with Gasteiger partial charge in [-0.3, -0.25) is 5.32 Å². The van der Waals surface area contributed by atoms with Gasteiger partial charge in [0.25, 0.3) is 0 Å². The Bertz CT molecular complexity index is 237. The number of rotatable bonds is 2.